The third-order valence-electron chi connectivity index (χ3n) is 1.72. The van der Waals surface area contributed by atoms with Crippen LogP contribution in [0.1, 0.15) is 25.1 Å². The summed E-state index contributed by atoms with van der Waals surface area (Å²) in [6, 6.07) is 0. The highest BCUT2D eigenvalue weighted by atomic mass is 19.4. The molecular weight excluding hydrogens is 241 g/mol. The van der Waals surface area contributed by atoms with Crippen molar-refractivity contribution in [2.24, 2.45) is 0 Å². The van der Waals surface area contributed by atoms with Crippen molar-refractivity contribution in [3.63, 3.8) is 0 Å². The zero-order valence-electron chi connectivity index (χ0n) is 9.08. The number of rotatable bonds is 6. The average Bonchev–Trinajstić information content (AvgIpc) is 2.65. The first kappa shape index (κ1) is 13.6. The molecule has 0 saturated carbocycles. The molecular formula is C9H11F3N2O3. The van der Waals surface area contributed by atoms with Gasteiger partial charge in [-0.1, -0.05) is 12.1 Å². The van der Waals surface area contributed by atoms with Crippen LogP contribution in [-0.2, 0) is 22.6 Å². The van der Waals surface area contributed by atoms with Gasteiger partial charge in [0, 0.05) is 6.61 Å². The van der Waals surface area contributed by atoms with Gasteiger partial charge in [-0.15, -0.1) is 0 Å². The van der Waals surface area contributed by atoms with Crippen molar-refractivity contribution in [3.8, 4) is 0 Å². The monoisotopic (exact) mass is 252 g/mol. The topological polar surface area (TPSA) is 65.2 Å². The average molecular weight is 252 g/mol. The summed E-state index contributed by atoms with van der Waals surface area (Å²) in [4.78, 5) is 14.2. The van der Waals surface area contributed by atoms with E-state index in [-0.39, 0.29) is 18.3 Å². The predicted molar refractivity (Wildman–Crippen MR) is 49.0 cm³/mol. The molecule has 0 fully saturated rings. The normalized spacial score (nSPS) is 11.8. The van der Waals surface area contributed by atoms with Gasteiger partial charge >= 0.3 is 6.18 Å². The molecule has 0 aliphatic carbocycles. The van der Waals surface area contributed by atoms with E-state index in [1.807, 2.05) is 6.92 Å². The lowest BCUT2D eigenvalue weighted by molar-refractivity contribution is -0.170. The Hall–Kier alpha value is -1.44. The van der Waals surface area contributed by atoms with E-state index < -0.39 is 18.4 Å². The second kappa shape index (κ2) is 5.76. The van der Waals surface area contributed by atoms with Crippen LogP contribution in [0.2, 0.25) is 0 Å². The highest BCUT2D eigenvalue weighted by Gasteiger charge is 2.39. The van der Waals surface area contributed by atoms with Crippen molar-refractivity contribution in [3.05, 3.63) is 11.7 Å². The van der Waals surface area contributed by atoms with E-state index in [4.69, 9.17) is 4.74 Å². The summed E-state index contributed by atoms with van der Waals surface area (Å²) in [6.45, 7) is 2.45. The number of hydrogen-bond acceptors (Lipinski definition) is 5. The minimum atomic E-state index is -4.88. The summed E-state index contributed by atoms with van der Waals surface area (Å²) in [5, 5.41) is 3.39. The lowest BCUT2D eigenvalue weighted by atomic mass is 10.3. The van der Waals surface area contributed by atoms with Crippen molar-refractivity contribution in [2.75, 3.05) is 6.61 Å². The second-order valence-corrected chi connectivity index (χ2v) is 3.25. The molecule has 0 bridgehead atoms. The van der Waals surface area contributed by atoms with E-state index in [0.717, 1.165) is 6.42 Å². The Bertz CT molecular complexity index is 376. The Labute approximate surface area is 94.9 Å². The minimum absolute atomic E-state index is 0.0531. The standard InChI is InChI=1S/C9H11F3N2O3/c1-2-3-16-5-7-13-8(17-14-7)4-6(15)9(10,11)12/h2-5H2,1H3. The van der Waals surface area contributed by atoms with Crippen molar-refractivity contribution < 1.29 is 27.2 Å². The molecule has 8 heteroatoms. The number of Topliss-reactive ketones (excluding diaryl/α,β-unsaturated/α-hetero) is 1. The number of nitrogens with zero attached hydrogens (tertiary/aromatic N) is 2. The van der Waals surface area contributed by atoms with Crippen molar-refractivity contribution in [2.45, 2.75) is 32.5 Å². The van der Waals surface area contributed by atoms with Gasteiger partial charge in [0.1, 0.15) is 6.61 Å². The smallest absolute Gasteiger partial charge is 0.373 e. The molecule has 0 saturated heterocycles. The molecule has 96 valence electrons. The summed E-state index contributed by atoms with van der Waals surface area (Å²) in [6.07, 6.45) is -5.02. The molecule has 0 aromatic carbocycles. The summed E-state index contributed by atoms with van der Waals surface area (Å²) < 4.78 is 45.3. The van der Waals surface area contributed by atoms with Gasteiger partial charge in [0.05, 0.1) is 6.42 Å². The third kappa shape index (κ3) is 4.51. The van der Waals surface area contributed by atoms with Gasteiger partial charge in [0.15, 0.2) is 5.82 Å². The number of ketones is 1. The fourth-order valence-electron chi connectivity index (χ4n) is 0.966. The summed E-state index contributed by atoms with van der Waals surface area (Å²) in [5.74, 6) is -2.15. The molecule has 1 heterocycles. The van der Waals surface area contributed by atoms with E-state index in [0.29, 0.717) is 6.61 Å². The molecule has 0 aliphatic heterocycles. The molecule has 0 spiro atoms. The largest absolute Gasteiger partial charge is 0.450 e. The second-order valence-electron chi connectivity index (χ2n) is 3.25. The molecule has 1 aromatic heterocycles. The predicted octanol–water partition coefficient (Wildman–Crippen LogP) is 1.67. The van der Waals surface area contributed by atoms with Crippen LogP contribution in [0.3, 0.4) is 0 Å². The van der Waals surface area contributed by atoms with Gasteiger partial charge in [-0.25, -0.2) is 0 Å². The molecule has 1 aromatic rings. The van der Waals surface area contributed by atoms with Crippen LogP contribution in [0, 0.1) is 0 Å². The van der Waals surface area contributed by atoms with Crippen LogP contribution >= 0.6 is 0 Å². The van der Waals surface area contributed by atoms with E-state index >= 15 is 0 Å². The highest BCUT2D eigenvalue weighted by Crippen LogP contribution is 2.18. The molecule has 17 heavy (non-hydrogen) atoms. The Balaban J connectivity index is 2.48. The molecule has 1 rings (SSSR count). The zero-order chi connectivity index (χ0) is 12.9. The van der Waals surface area contributed by atoms with Crippen LogP contribution in [0.25, 0.3) is 0 Å². The van der Waals surface area contributed by atoms with Gasteiger partial charge in [-0.2, -0.15) is 18.2 Å². The molecule has 0 atom stereocenters. The van der Waals surface area contributed by atoms with E-state index in [9.17, 15) is 18.0 Å². The molecule has 5 nitrogen and oxygen atoms in total. The number of aromatic nitrogens is 2. The fraction of sp³-hybridized carbons (Fsp3) is 0.667. The number of alkyl halides is 3. The number of hydrogen-bond donors (Lipinski definition) is 0. The summed E-state index contributed by atoms with van der Waals surface area (Å²) in [5.41, 5.74) is 0. The maximum Gasteiger partial charge on any atom is 0.450 e. The molecule has 0 aliphatic rings. The molecule has 0 radical (unpaired) electrons. The third-order valence-corrected chi connectivity index (χ3v) is 1.72. The fourth-order valence-corrected chi connectivity index (χ4v) is 0.966. The van der Waals surface area contributed by atoms with Crippen molar-refractivity contribution in [1.29, 1.82) is 0 Å². The van der Waals surface area contributed by atoms with Crippen LogP contribution in [-0.4, -0.2) is 28.7 Å². The van der Waals surface area contributed by atoms with Crippen LogP contribution in [0.5, 0.6) is 0 Å². The zero-order valence-corrected chi connectivity index (χ0v) is 9.08. The maximum absolute atomic E-state index is 11.9. The van der Waals surface area contributed by atoms with Crippen LogP contribution in [0.15, 0.2) is 4.52 Å². The number of halogens is 3. The lowest BCUT2D eigenvalue weighted by Gasteiger charge is -2.00. The SMILES string of the molecule is CCCOCc1noc(CC(=O)C(F)(F)F)n1. The van der Waals surface area contributed by atoms with Gasteiger partial charge in [-0.3, -0.25) is 4.79 Å². The Morgan fingerprint density at radius 1 is 1.47 bits per heavy atom. The molecule has 0 amide bonds. The molecule has 0 N–H and O–H groups in total. The van der Waals surface area contributed by atoms with Crippen LogP contribution in [0.4, 0.5) is 13.2 Å². The Kier molecular flexibility index (Phi) is 4.62. The Morgan fingerprint density at radius 2 is 2.18 bits per heavy atom. The van der Waals surface area contributed by atoms with Crippen molar-refractivity contribution in [1.82, 2.24) is 10.1 Å². The Morgan fingerprint density at radius 3 is 2.76 bits per heavy atom. The quantitative estimate of drug-likeness (QED) is 0.720. The number of carbonyl (C=O) groups excluding carboxylic acids is 1. The van der Waals surface area contributed by atoms with Crippen LogP contribution < -0.4 is 0 Å². The minimum Gasteiger partial charge on any atom is -0.373 e. The lowest BCUT2D eigenvalue weighted by Crippen LogP contribution is -2.24. The first-order chi connectivity index (χ1) is 7.93. The summed E-state index contributed by atoms with van der Waals surface area (Å²) in [7, 11) is 0. The van der Waals surface area contributed by atoms with E-state index in [1.54, 1.807) is 0 Å². The first-order valence-electron chi connectivity index (χ1n) is 4.92. The number of ether oxygens (including phenoxy) is 1. The van der Waals surface area contributed by atoms with E-state index in [2.05, 4.69) is 14.7 Å². The van der Waals surface area contributed by atoms with E-state index in [1.165, 1.54) is 0 Å². The first-order valence-corrected chi connectivity index (χ1v) is 4.92. The van der Waals surface area contributed by atoms with Crippen molar-refractivity contribution >= 4 is 5.78 Å². The van der Waals surface area contributed by atoms with Gasteiger partial charge in [0.25, 0.3) is 0 Å². The van der Waals surface area contributed by atoms with Gasteiger partial charge in [-0.05, 0) is 6.42 Å². The highest BCUT2D eigenvalue weighted by molar-refractivity contribution is 5.85. The molecule has 0 unspecified atom stereocenters. The van der Waals surface area contributed by atoms with Gasteiger partial charge < -0.3 is 9.26 Å². The number of carbonyl (C=O) groups is 1. The summed E-state index contributed by atoms with van der Waals surface area (Å²) >= 11 is 0. The maximum atomic E-state index is 11.9. The van der Waals surface area contributed by atoms with Gasteiger partial charge in [0.2, 0.25) is 11.7 Å².